The molecule has 0 aliphatic rings. The van der Waals surface area contributed by atoms with Crippen LogP contribution in [0.15, 0.2) is 42.5 Å². The smallest absolute Gasteiger partial charge is 0.138 e. The summed E-state index contributed by atoms with van der Waals surface area (Å²) >= 11 is 5.82. The molecule has 0 unspecified atom stereocenters. The molecule has 0 fully saturated rings. The van der Waals surface area contributed by atoms with E-state index in [4.69, 9.17) is 22.1 Å². The molecular weight excluding hydrogens is 289 g/mol. The molecule has 0 heterocycles. The van der Waals surface area contributed by atoms with Crippen molar-refractivity contribution in [2.45, 2.75) is 13.2 Å². The van der Waals surface area contributed by atoms with E-state index in [9.17, 15) is 4.39 Å². The first-order valence-electron chi connectivity index (χ1n) is 6.48. The number of hydrogen-bond donors (Lipinski definition) is 1. The van der Waals surface area contributed by atoms with Crippen molar-refractivity contribution < 1.29 is 9.13 Å². The van der Waals surface area contributed by atoms with E-state index in [-0.39, 0.29) is 12.4 Å². The summed E-state index contributed by atoms with van der Waals surface area (Å²) in [7, 11) is 0. The maximum absolute atomic E-state index is 13.5. The molecule has 4 heteroatoms. The average molecular weight is 304 g/mol. The van der Waals surface area contributed by atoms with Gasteiger partial charge in [0, 0.05) is 5.02 Å². The van der Waals surface area contributed by atoms with Crippen molar-refractivity contribution in [3.05, 3.63) is 70.0 Å². The van der Waals surface area contributed by atoms with Gasteiger partial charge in [0.05, 0.1) is 25.3 Å². The largest absolute Gasteiger partial charge is 0.372 e. The Labute approximate surface area is 128 Å². The van der Waals surface area contributed by atoms with Crippen LogP contribution in [0.25, 0.3) is 0 Å². The third-order valence-electron chi connectivity index (χ3n) is 2.81. The molecule has 0 aromatic heterocycles. The van der Waals surface area contributed by atoms with E-state index >= 15 is 0 Å². The second-order valence-corrected chi connectivity index (χ2v) is 4.88. The minimum absolute atomic E-state index is 0.205. The number of rotatable bonds is 4. The molecule has 0 aliphatic carbocycles. The predicted octanol–water partition coefficient (Wildman–Crippen LogP) is 3.51. The Balaban J connectivity index is 1.95. The molecule has 2 rings (SSSR count). The second kappa shape index (κ2) is 7.80. The molecule has 0 spiro atoms. The summed E-state index contributed by atoms with van der Waals surface area (Å²) in [5.74, 6) is 5.00. The van der Waals surface area contributed by atoms with Gasteiger partial charge in [-0.05, 0) is 35.4 Å². The van der Waals surface area contributed by atoms with Crippen molar-refractivity contribution in [3.63, 3.8) is 0 Å². The third-order valence-corrected chi connectivity index (χ3v) is 3.06. The van der Waals surface area contributed by atoms with Crippen LogP contribution in [0.3, 0.4) is 0 Å². The molecule has 0 bridgehead atoms. The van der Waals surface area contributed by atoms with E-state index in [1.807, 2.05) is 24.3 Å². The Morgan fingerprint density at radius 1 is 1.05 bits per heavy atom. The Bertz CT molecular complexity index is 659. The molecule has 0 saturated carbocycles. The Morgan fingerprint density at radius 2 is 1.71 bits per heavy atom. The number of ether oxygens (including phenoxy) is 1. The monoisotopic (exact) mass is 303 g/mol. The van der Waals surface area contributed by atoms with Crippen LogP contribution in [0.5, 0.6) is 0 Å². The quantitative estimate of drug-likeness (QED) is 0.877. The standard InChI is InChI=1S/C17H15ClFNO/c18-16-6-3-13(4-7-16)11-21-12-14-5-8-17(19)15(10-14)2-1-9-20/h3-8,10H,9,11-12,20H2. The van der Waals surface area contributed by atoms with Crippen LogP contribution in [0.4, 0.5) is 4.39 Å². The van der Waals surface area contributed by atoms with Crippen LogP contribution in [0.2, 0.25) is 5.02 Å². The Morgan fingerprint density at radius 3 is 2.43 bits per heavy atom. The fourth-order valence-corrected chi connectivity index (χ4v) is 1.90. The fraction of sp³-hybridized carbons (Fsp3) is 0.176. The molecule has 108 valence electrons. The minimum Gasteiger partial charge on any atom is -0.372 e. The lowest BCUT2D eigenvalue weighted by Crippen LogP contribution is -1.97. The molecule has 0 amide bonds. The summed E-state index contributed by atoms with van der Waals surface area (Å²) in [4.78, 5) is 0. The van der Waals surface area contributed by atoms with Gasteiger partial charge in [-0.25, -0.2) is 4.39 Å². The molecule has 2 N–H and O–H groups in total. The van der Waals surface area contributed by atoms with Gasteiger partial charge in [0.2, 0.25) is 0 Å². The molecule has 0 atom stereocenters. The van der Waals surface area contributed by atoms with Crippen molar-refractivity contribution in [2.75, 3.05) is 6.54 Å². The van der Waals surface area contributed by atoms with E-state index in [0.717, 1.165) is 11.1 Å². The zero-order valence-corrected chi connectivity index (χ0v) is 12.2. The van der Waals surface area contributed by atoms with E-state index in [1.54, 1.807) is 12.1 Å². The van der Waals surface area contributed by atoms with Gasteiger partial charge in [0.25, 0.3) is 0 Å². The van der Waals surface area contributed by atoms with Crippen molar-refractivity contribution in [3.8, 4) is 11.8 Å². The molecule has 0 radical (unpaired) electrons. The topological polar surface area (TPSA) is 35.2 Å². The van der Waals surface area contributed by atoms with Crippen LogP contribution < -0.4 is 5.73 Å². The first-order chi connectivity index (χ1) is 10.2. The molecule has 2 aromatic carbocycles. The second-order valence-electron chi connectivity index (χ2n) is 4.44. The van der Waals surface area contributed by atoms with Gasteiger partial charge < -0.3 is 10.5 Å². The SMILES string of the molecule is NCC#Cc1cc(COCc2ccc(Cl)cc2)ccc1F. The van der Waals surface area contributed by atoms with Crippen molar-refractivity contribution >= 4 is 11.6 Å². The minimum atomic E-state index is -0.350. The molecule has 21 heavy (non-hydrogen) atoms. The van der Waals surface area contributed by atoms with Crippen LogP contribution in [0, 0.1) is 17.7 Å². The summed E-state index contributed by atoms with van der Waals surface area (Å²) < 4.78 is 19.1. The van der Waals surface area contributed by atoms with Gasteiger partial charge >= 0.3 is 0 Å². The van der Waals surface area contributed by atoms with Gasteiger partial charge in [0.1, 0.15) is 5.82 Å². The molecule has 0 aliphatic heterocycles. The van der Waals surface area contributed by atoms with E-state index in [1.165, 1.54) is 6.07 Å². The van der Waals surface area contributed by atoms with E-state index in [2.05, 4.69) is 11.8 Å². The Hall–Kier alpha value is -1.86. The van der Waals surface area contributed by atoms with Crippen LogP contribution >= 0.6 is 11.6 Å². The lowest BCUT2D eigenvalue weighted by molar-refractivity contribution is 0.107. The summed E-state index contributed by atoms with van der Waals surface area (Å²) in [6.07, 6.45) is 0. The first kappa shape index (κ1) is 15.5. The lowest BCUT2D eigenvalue weighted by Gasteiger charge is -2.06. The van der Waals surface area contributed by atoms with E-state index in [0.29, 0.717) is 23.8 Å². The van der Waals surface area contributed by atoms with Crippen molar-refractivity contribution in [1.82, 2.24) is 0 Å². The predicted molar refractivity (Wildman–Crippen MR) is 82.3 cm³/mol. The summed E-state index contributed by atoms with van der Waals surface area (Å²) in [6, 6.07) is 12.2. The highest BCUT2D eigenvalue weighted by Gasteiger charge is 2.02. The van der Waals surface area contributed by atoms with Crippen molar-refractivity contribution in [1.29, 1.82) is 0 Å². The normalized spacial score (nSPS) is 10.0. The molecule has 2 aromatic rings. The third kappa shape index (κ3) is 4.87. The maximum atomic E-state index is 13.5. The van der Waals surface area contributed by atoms with Gasteiger partial charge in [-0.1, -0.05) is 41.6 Å². The first-order valence-corrected chi connectivity index (χ1v) is 6.86. The molecule has 2 nitrogen and oxygen atoms in total. The summed E-state index contributed by atoms with van der Waals surface area (Å²) in [5, 5.41) is 0.695. The van der Waals surface area contributed by atoms with E-state index < -0.39 is 0 Å². The van der Waals surface area contributed by atoms with Gasteiger partial charge in [0.15, 0.2) is 0 Å². The lowest BCUT2D eigenvalue weighted by atomic mass is 10.1. The van der Waals surface area contributed by atoms with Crippen LogP contribution in [0.1, 0.15) is 16.7 Å². The Kier molecular flexibility index (Phi) is 5.77. The number of hydrogen-bond acceptors (Lipinski definition) is 2. The van der Waals surface area contributed by atoms with Gasteiger partial charge in [-0.2, -0.15) is 0 Å². The maximum Gasteiger partial charge on any atom is 0.138 e. The number of nitrogens with two attached hydrogens (primary N) is 1. The summed E-state index contributed by atoms with van der Waals surface area (Å²) in [5.41, 5.74) is 7.53. The highest BCUT2D eigenvalue weighted by molar-refractivity contribution is 6.30. The van der Waals surface area contributed by atoms with Gasteiger partial charge in [-0.15, -0.1) is 0 Å². The van der Waals surface area contributed by atoms with Gasteiger partial charge in [-0.3, -0.25) is 0 Å². The van der Waals surface area contributed by atoms with Crippen LogP contribution in [-0.4, -0.2) is 6.54 Å². The number of halogens is 2. The summed E-state index contributed by atoms with van der Waals surface area (Å²) in [6.45, 7) is 1.06. The fourth-order valence-electron chi connectivity index (χ4n) is 1.77. The molecule has 0 saturated heterocycles. The highest BCUT2D eigenvalue weighted by atomic mass is 35.5. The number of benzene rings is 2. The van der Waals surface area contributed by atoms with Crippen LogP contribution in [-0.2, 0) is 18.0 Å². The zero-order valence-electron chi connectivity index (χ0n) is 11.4. The zero-order chi connectivity index (χ0) is 15.1. The molecular formula is C17H15ClFNO. The van der Waals surface area contributed by atoms with Crippen molar-refractivity contribution in [2.24, 2.45) is 5.73 Å². The highest BCUT2D eigenvalue weighted by Crippen LogP contribution is 2.13. The average Bonchev–Trinajstić information content (AvgIpc) is 2.49.